The van der Waals surface area contributed by atoms with Crippen LogP contribution in [0.4, 0.5) is 5.69 Å². The molecule has 30 heavy (non-hydrogen) atoms. The molecule has 2 aromatic carbocycles. The van der Waals surface area contributed by atoms with Gasteiger partial charge in [0.2, 0.25) is 11.7 Å². The Morgan fingerprint density at radius 3 is 2.03 bits per heavy atom. The van der Waals surface area contributed by atoms with Gasteiger partial charge in [-0.1, -0.05) is 26.0 Å². The average molecular weight is 415 g/mol. The molecule has 2 N–H and O–H groups in total. The highest BCUT2D eigenvalue weighted by Crippen LogP contribution is 2.38. The van der Waals surface area contributed by atoms with Gasteiger partial charge in [-0.3, -0.25) is 9.59 Å². The Hall–Kier alpha value is -3.22. The monoisotopic (exact) mass is 414 g/mol. The number of anilines is 1. The summed E-state index contributed by atoms with van der Waals surface area (Å²) in [5.74, 6) is 1.43. The third-order valence-electron chi connectivity index (χ3n) is 4.49. The molecule has 0 spiro atoms. The second kappa shape index (κ2) is 11.1. The second-order valence-corrected chi connectivity index (χ2v) is 7.26. The molecule has 0 unspecified atom stereocenters. The number of aryl methyl sites for hydroxylation is 1. The highest BCUT2D eigenvalue weighted by Gasteiger charge is 2.17. The van der Waals surface area contributed by atoms with Crippen molar-refractivity contribution in [3.8, 4) is 17.2 Å². The minimum atomic E-state index is -0.296. The standard InChI is InChI=1S/C23H30N2O5/c1-15(2)14-24-21(26)11-8-16-6-9-18(10-7-16)25-23(27)17-12-19(28-3)22(30-5)20(13-17)29-4/h6-7,9-10,12-13,15H,8,11,14H2,1-5H3,(H,24,26)(H,25,27). The zero-order valence-corrected chi connectivity index (χ0v) is 18.2. The molecule has 0 aliphatic rings. The molecule has 0 fully saturated rings. The van der Waals surface area contributed by atoms with Crippen LogP contribution in [-0.4, -0.2) is 39.7 Å². The van der Waals surface area contributed by atoms with E-state index in [1.807, 2.05) is 24.3 Å². The number of carbonyl (C=O) groups excluding carboxylic acids is 2. The zero-order chi connectivity index (χ0) is 22.1. The molecular weight excluding hydrogens is 384 g/mol. The fourth-order valence-corrected chi connectivity index (χ4v) is 2.83. The number of hydrogen-bond acceptors (Lipinski definition) is 5. The molecule has 0 radical (unpaired) electrons. The summed E-state index contributed by atoms with van der Waals surface area (Å²) in [7, 11) is 4.51. The molecule has 2 rings (SSSR count). The van der Waals surface area contributed by atoms with Crippen LogP contribution in [0.2, 0.25) is 0 Å². The Balaban J connectivity index is 2.00. The maximum Gasteiger partial charge on any atom is 0.255 e. The summed E-state index contributed by atoms with van der Waals surface area (Å²) >= 11 is 0. The van der Waals surface area contributed by atoms with Crippen LogP contribution in [0.3, 0.4) is 0 Å². The second-order valence-electron chi connectivity index (χ2n) is 7.26. The molecule has 0 aromatic heterocycles. The molecule has 0 aliphatic carbocycles. The van der Waals surface area contributed by atoms with Crippen molar-refractivity contribution in [2.45, 2.75) is 26.7 Å². The van der Waals surface area contributed by atoms with Crippen LogP contribution in [0.5, 0.6) is 17.2 Å². The molecule has 0 heterocycles. The molecule has 0 saturated heterocycles. The number of rotatable bonds is 10. The SMILES string of the molecule is COc1cc(C(=O)Nc2ccc(CCC(=O)NCC(C)C)cc2)cc(OC)c1OC. The van der Waals surface area contributed by atoms with E-state index in [0.717, 1.165) is 5.56 Å². The maximum absolute atomic E-state index is 12.7. The van der Waals surface area contributed by atoms with Crippen LogP contribution in [0, 0.1) is 5.92 Å². The molecule has 2 aromatic rings. The molecular formula is C23H30N2O5. The first kappa shape index (κ1) is 23.1. The van der Waals surface area contributed by atoms with Gasteiger partial charge in [-0.15, -0.1) is 0 Å². The Bertz CT molecular complexity index is 837. The van der Waals surface area contributed by atoms with Crippen LogP contribution in [0.1, 0.15) is 36.2 Å². The van der Waals surface area contributed by atoms with Gasteiger partial charge in [-0.05, 0) is 42.2 Å². The van der Waals surface area contributed by atoms with E-state index in [0.29, 0.717) is 53.8 Å². The molecule has 7 heteroatoms. The molecule has 0 atom stereocenters. The van der Waals surface area contributed by atoms with Gasteiger partial charge in [-0.25, -0.2) is 0 Å². The van der Waals surface area contributed by atoms with Crippen molar-refractivity contribution in [3.05, 3.63) is 47.5 Å². The summed E-state index contributed by atoms with van der Waals surface area (Å²) in [6, 6.07) is 10.6. The van der Waals surface area contributed by atoms with Crippen LogP contribution < -0.4 is 24.8 Å². The first-order valence-electron chi connectivity index (χ1n) is 9.85. The summed E-state index contributed by atoms with van der Waals surface area (Å²) in [6.45, 7) is 4.81. The first-order chi connectivity index (χ1) is 14.4. The minimum absolute atomic E-state index is 0.0449. The highest BCUT2D eigenvalue weighted by molar-refractivity contribution is 6.05. The molecule has 0 aliphatic heterocycles. The normalized spacial score (nSPS) is 10.5. The molecule has 2 amide bonds. The van der Waals surface area contributed by atoms with Gasteiger partial charge in [0.05, 0.1) is 21.3 Å². The van der Waals surface area contributed by atoms with Crippen molar-refractivity contribution in [1.82, 2.24) is 5.32 Å². The lowest BCUT2D eigenvalue weighted by molar-refractivity contribution is -0.121. The lowest BCUT2D eigenvalue weighted by atomic mass is 10.1. The van der Waals surface area contributed by atoms with Gasteiger partial charge in [0.15, 0.2) is 11.5 Å². The lowest BCUT2D eigenvalue weighted by Crippen LogP contribution is -2.27. The fraction of sp³-hybridized carbons (Fsp3) is 0.391. The zero-order valence-electron chi connectivity index (χ0n) is 18.2. The van der Waals surface area contributed by atoms with Crippen molar-refractivity contribution in [3.63, 3.8) is 0 Å². The first-order valence-corrected chi connectivity index (χ1v) is 9.85. The quantitative estimate of drug-likeness (QED) is 0.620. The highest BCUT2D eigenvalue weighted by atomic mass is 16.5. The third-order valence-corrected chi connectivity index (χ3v) is 4.49. The number of carbonyl (C=O) groups is 2. The predicted octanol–water partition coefficient (Wildman–Crippen LogP) is 3.67. The molecule has 0 bridgehead atoms. The summed E-state index contributed by atoms with van der Waals surface area (Å²) < 4.78 is 15.9. The van der Waals surface area contributed by atoms with E-state index >= 15 is 0 Å². The van der Waals surface area contributed by atoms with Gasteiger partial charge in [0.25, 0.3) is 5.91 Å². The largest absolute Gasteiger partial charge is 0.493 e. The summed E-state index contributed by atoms with van der Waals surface area (Å²) in [6.07, 6.45) is 1.08. The number of methoxy groups -OCH3 is 3. The number of hydrogen-bond donors (Lipinski definition) is 2. The number of amides is 2. The third kappa shape index (κ3) is 6.40. The number of nitrogens with one attached hydrogen (secondary N) is 2. The molecule has 162 valence electrons. The Kier molecular flexibility index (Phi) is 8.53. The summed E-state index contributed by atoms with van der Waals surface area (Å²) in [5, 5.41) is 5.76. The Morgan fingerprint density at radius 2 is 1.53 bits per heavy atom. The Morgan fingerprint density at radius 1 is 0.933 bits per heavy atom. The van der Waals surface area contributed by atoms with E-state index in [9.17, 15) is 9.59 Å². The minimum Gasteiger partial charge on any atom is -0.493 e. The average Bonchev–Trinajstić information content (AvgIpc) is 2.75. The van der Waals surface area contributed by atoms with Crippen molar-refractivity contribution in [1.29, 1.82) is 0 Å². The molecule has 0 saturated carbocycles. The van der Waals surface area contributed by atoms with E-state index in [1.54, 1.807) is 12.1 Å². The van der Waals surface area contributed by atoms with Crippen molar-refractivity contribution in [2.24, 2.45) is 5.92 Å². The number of benzene rings is 2. The van der Waals surface area contributed by atoms with Crippen molar-refractivity contribution < 1.29 is 23.8 Å². The topological polar surface area (TPSA) is 85.9 Å². The van der Waals surface area contributed by atoms with Gasteiger partial charge in [0.1, 0.15) is 0 Å². The van der Waals surface area contributed by atoms with Crippen molar-refractivity contribution in [2.75, 3.05) is 33.2 Å². The predicted molar refractivity (Wildman–Crippen MR) is 117 cm³/mol. The van der Waals surface area contributed by atoms with Crippen LogP contribution in [0.25, 0.3) is 0 Å². The van der Waals surface area contributed by atoms with E-state index in [-0.39, 0.29) is 11.8 Å². The van der Waals surface area contributed by atoms with Gasteiger partial charge < -0.3 is 24.8 Å². The lowest BCUT2D eigenvalue weighted by Gasteiger charge is -2.14. The summed E-state index contributed by atoms with van der Waals surface area (Å²) in [5.41, 5.74) is 2.07. The van der Waals surface area contributed by atoms with Crippen LogP contribution in [0.15, 0.2) is 36.4 Å². The van der Waals surface area contributed by atoms with E-state index in [2.05, 4.69) is 24.5 Å². The summed E-state index contributed by atoms with van der Waals surface area (Å²) in [4.78, 5) is 24.5. The van der Waals surface area contributed by atoms with E-state index in [4.69, 9.17) is 14.2 Å². The van der Waals surface area contributed by atoms with E-state index in [1.165, 1.54) is 21.3 Å². The van der Waals surface area contributed by atoms with E-state index < -0.39 is 0 Å². The molecule has 7 nitrogen and oxygen atoms in total. The maximum atomic E-state index is 12.7. The number of ether oxygens (including phenoxy) is 3. The Labute approximate surface area is 177 Å². The van der Waals surface area contributed by atoms with Gasteiger partial charge >= 0.3 is 0 Å². The van der Waals surface area contributed by atoms with Crippen LogP contribution >= 0.6 is 0 Å². The van der Waals surface area contributed by atoms with Crippen molar-refractivity contribution >= 4 is 17.5 Å². The fourth-order valence-electron chi connectivity index (χ4n) is 2.83. The smallest absolute Gasteiger partial charge is 0.255 e. The van der Waals surface area contributed by atoms with Crippen LogP contribution in [-0.2, 0) is 11.2 Å². The van der Waals surface area contributed by atoms with Gasteiger partial charge in [-0.2, -0.15) is 0 Å². The van der Waals surface area contributed by atoms with Gasteiger partial charge in [0, 0.05) is 24.2 Å².